The molecular formula is C24H28N8O3. The van der Waals surface area contributed by atoms with Gasteiger partial charge in [0, 0.05) is 20.3 Å². The molecule has 0 bridgehead atoms. The van der Waals surface area contributed by atoms with Crippen LogP contribution in [-0.2, 0) is 20.8 Å². The van der Waals surface area contributed by atoms with Gasteiger partial charge in [0.15, 0.2) is 12.4 Å². The molecule has 0 radical (unpaired) electrons. The molecule has 0 saturated carbocycles. The number of aryl methyl sites for hydroxylation is 2. The first-order valence-corrected chi connectivity index (χ1v) is 11.1. The summed E-state index contributed by atoms with van der Waals surface area (Å²) in [5, 5.41) is 18.0. The first kappa shape index (κ1) is 23.7. The van der Waals surface area contributed by atoms with Crippen molar-refractivity contribution in [3.05, 3.63) is 71.6 Å². The van der Waals surface area contributed by atoms with E-state index in [-0.39, 0.29) is 23.8 Å². The number of carbonyl (C=O) groups excluding carboxylic acids is 2. The molecule has 0 unspecified atom stereocenters. The van der Waals surface area contributed by atoms with E-state index in [0.717, 1.165) is 5.69 Å². The van der Waals surface area contributed by atoms with Crippen molar-refractivity contribution >= 4 is 23.2 Å². The molecule has 4 aromatic rings. The lowest BCUT2D eigenvalue weighted by Crippen LogP contribution is -2.21. The summed E-state index contributed by atoms with van der Waals surface area (Å²) < 4.78 is 10.3. The fraction of sp³-hybridized carbons (Fsp3) is 0.292. The Balaban J connectivity index is 1.40. The van der Waals surface area contributed by atoms with Gasteiger partial charge < -0.3 is 15.4 Å². The van der Waals surface area contributed by atoms with Gasteiger partial charge in [-0.3, -0.25) is 19.0 Å². The van der Waals surface area contributed by atoms with Gasteiger partial charge >= 0.3 is 0 Å². The van der Waals surface area contributed by atoms with Crippen LogP contribution in [0.4, 0.5) is 11.4 Å². The summed E-state index contributed by atoms with van der Waals surface area (Å²) in [5.74, 6) is 0.274. The van der Waals surface area contributed by atoms with E-state index in [2.05, 4.69) is 39.8 Å². The highest BCUT2D eigenvalue weighted by Crippen LogP contribution is 2.20. The Hall–Kier alpha value is -4.41. The van der Waals surface area contributed by atoms with Crippen LogP contribution in [0.15, 0.2) is 48.9 Å². The van der Waals surface area contributed by atoms with Crippen LogP contribution in [0.3, 0.4) is 0 Å². The summed E-state index contributed by atoms with van der Waals surface area (Å²) in [7, 11) is 3.41. The molecule has 0 aliphatic rings. The monoisotopic (exact) mass is 476 g/mol. The van der Waals surface area contributed by atoms with Crippen LogP contribution in [0.2, 0.25) is 0 Å². The largest absolute Gasteiger partial charge is 0.471 e. The van der Waals surface area contributed by atoms with Gasteiger partial charge in [-0.05, 0) is 36.6 Å². The Morgan fingerprint density at radius 1 is 0.943 bits per heavy atom. The van der Waals surface area contributed by atoms with Gasteiger partial charge in [-0.15, -0.1) is 0 Å². The zero-order chi connectivity index (χ0) is 25.1. The fourth-order valence-corrected chi connectivity index (χ4v) is 3.43. The second-order valence-electron chi connectivity index (χ2n) is 8.44. The summed E-state index contributed by atoms with van der Waals surface area (Å²) >= 11 is 0. The molecule has 2 N–H and O–H groups in total. The molecule has 0 spiro atoms. The quantitative estimate of drug-likeness (QED) is 0.402. The van der Waals surface area contributed by atoms with Crippen LogP contribution in [0.1, 0.15) is 52.0 Å². The van der Waals surface area contributed by atoms with Crippen molar-refractivity contribution in [2.75, 3.05) is 10.6 Å². The molecule has 4 rings (SSSR count). The van der Waals surface area contributed by atoms with Gasteiger partial charge in [-0.1, -0.05) is 26.0 Å². The van der Waals surface area contributed by atoms with E-state index >= 15 is 0 Å². The van der Waals surface area contributed by atoms with Crippen molar-refractivity contribution in [3.63, 3.8) is 0 Å². The van der Waals surface area contributed by atoms with Crippen LogP contribution < -0.4 is 15.4 Å². The summed E-state index contributed by atoms with van der Waals surface area (Å²) in [5.41, 5.74) is 3.27. The lowest BCUT2D eigenvalue weighted by Gasteiger charge is -2.09. The maximum Gasteiger partial charge on any atom is 0.276 e. The number of anilines is 2. The Morgan fingerprint density at radius 2 is 1.60 bits per heavy atom. The molecule has 0 fully saturated rings. The minimum atomic E-state index is -0.468. The number of rotatable bonds is 8. The number of nitrogens with zero attached hydrogens (tertiary/aromatic N) is 6. The number of carbonyl (C=O) groups is 2. The Bertz CT molecular complexity index is 1350. The minimum absolute atomic E-state index is 0.152. The number of aromatic nitrogens is 6. The highest BCUT2D eigenvalue weighted by Gasteiger charge is 2.21. The van der Waals surface area contributed by atoms with Crippen molar-refractivity contribution in [1.82, 2.24) is 29.3 Å². The predicted octanol–water partition coefficient (Wildman–Crippen LogP) is 3.32. The van der Waals surface area contributed by atoms with Crippen LogP contribution in [0, 0.1) is 6.92 Å². The topological polar surface area (TPSA) is 121 Å². The van der Waals surface area contributed by atoms with Crippen LogP contribution >= 0.6 is 0 Å². The lowest BCUT2D eigenvalue weighted by atomic mass is 10.0. The van der Waals surface area contributed by atoms with Crippen LogP contribution in [0.5, 0.6) is 5.75 Å². The maximum absolute atomic E-state index is 12.9. The molecule has 0 saturated heterocycles. The molecule has 1 aromatic carbocycles. The zero-order valence-electron chi connectivity index (χ0n) is 20.3. The van der Waals surface area contributed by atoms with Gasteiger partial charge in [-0.2, -0.15) is 15.3 Å². The molecule has 35 heavy (non-hydrogen) atoms. The Labute approximate surface area is 202 Å². The van der Waals surface area contributed by atoms with Gasteiger partial charge in [0.1, 0.15) is 11.4 Å². The van der Waals surface area contributed by atoms with Gasteiger partial charge in [0.25, 0.3) is 11.8 Å². The van der Waals surface area contributed by atoms with Gasteiger partial charge in [0.2, 0.25) is 0 Å². The molecule has 0 aliphatic carbocycles. The number of nitrogens with one attached hydrogen (secondary N) is 2. The smallest absolute Gasteiger partial charge is 0.276 e. The SMILES string of the molecule is Cc1c(NC(=O)c2c(NC(=O)c3ccn(COc4ccc(C(C)C)cc4)n3)cnn2C)cnn1C. The average molecular weight is 477 g/mol. The summed E-state index contributed by atoms with van der Waals surface area (Å²) in [4.78, 5) is 25.7. The molecule has 182 valence electrons. The second-order valence-corrected chi connectivity index (χ2v) is 8.44. The Kier molecular flexibility index (Phi) is 6.67. The maximum atomic E-state index is 12.9. The third kappa shape index (κ3) is 5.24. The number of benzene rings is 1. The summed E-state index contributed by atoms with van der Waals surface area (Å²) in [6.07, 6.45) is 4.64. The normalized spacial score (nSPS) is 11.0. The highest BCUT2D eigenvalue weighted by atomic mass is 16.5. The predicted molar refractivity (Wildman–Crippen MR) is 130 cm³/mol. The van der Waals surface area contributed by atoms with E-state index in [0.29, 0.717) is 17.4 Å². The van der Waals surface area contributed by atoms with Crippen molar-refractivity contribution < 1.29 is 14.3 Å². The van der Waals surface area contributed by atoms with Crippen molar-refractivity contribution in [3.8, 4) is 5.75 Å². The van der Waals surface area contributed by atoms with Crippen molar-refractivity contribution in [2.45, 2.75) is 33.4 Å². The van der Waals surface area contributed by atoms with E-state index < -0.39 is 11.8 Å². The minimum Gasteiger partial charge on any atom is -0.471 e. The van der Waals surface area contributed by atoms with Crippen molar-refractivity contribution in [2.24, 2.45) is 14.1 Å². The zero-order valence-corrected chi connectivity index (χ0v) is 20.3. The fourth-order valence-electron chi connectivity index (χ4n) is 3.43. The molecular weight excluding hydrogens is 448 g/mol. The third-order valence-corrected chi connectivity index (χ3v) is 5.67. The average Bonchev–Trinajstić information content (AvgIpc) is 3.54. The molecule has 0 aliphatic heterocycles. The number of ether oxygens (including phenoxy) is 1. The first-order chi connectivity index (χ1) is 16.7. The molecule has 11 nitrogen and oxygen atoms in total. The van der Waals surface area contributed by atoms with E-state index in [1.165, 1.54) is 21.1 Å². The highest BCUT2D eigenvalue weighted by molar-refractivity contribution is 6.11. The van der Waals surface area contributed by atoms with E-state index in [4.69, 9.17) is 4.74 Å². The molecule has 11 heteroatoms. The van der Waals surface area contributed by atoms with Crippen molar-refractivity contribution in [1.29, 1.82) is 0 Å². The number of hydrogen-bond acceptors (Lipinski definition) is 6. The lowest BCUT2D eigenvalue weighted by molar-refractivity contribution is 0.101. The third-order valence-electron chi connectivity index (χ3n) is 5.67. The van der Waals surface area contributed by atoms with E-state index in [1.54, 1.807) is 37.2 Å². The molecule has 3 heterocycles. The standard InChI is InChI=1S/C24H28N8O3/c1-15(2)17-6-8-18(9-7-17)35-14-32-11-10-19(29-32)23(33)28-21-13-26-31(5)22(21)24(34)27-20-12-25-30(4)16(20)3/h6-13,15H,14H2,1-5H3,(H,27,34)(H,28,33). The molecule has 2 amide bonds. The van der Waals surface area contributed by atoms with E-state index in [9.17, 15) is 9.59 Å². The molecule has 0 atom stereocenters. The van der Waals surface area contributed by atoms with Gasteiger partial charge in [0.05, 0.1) is 29.5 Å². The van der Waals surface area contributed by atoms with E-state index in [1.807, 2.05) is 31.2 Å². The van der Waals surface area contributed by atoms with Crippen LogP contribution in [-0.4, -0.2) is 41.2 Å². The number of hydrogen-bond donors (Lipinski definition) is 2. The second kappa shape index (κ2) is 9.84. The summed E-state index contributed by atoms with van der Waals surface area (Å²) in [6, 6.07) is 9.46. The molecule has 3 aromatic heterocycles. The number of amides is 2. The van der Waals surface area contributed by atoms with Gasteiger partial charge in [-0.25, -0.2) is 4.68 Å². The Morgan fingerprint density at radius 3 is 2.26 bits per heavy atom. The summed E-state index contributed by atoms with van der Waals surface area (Å²) in [6.45, 7) is 6.26. The van der Waals surface area contributed by atoms with Crippen LogP contribution in [0.25, 0.3) is 0 Å². The first-order valence-electron chi connectivity index (χ1n) is 11.1.